The Hall–Kier alpha value is -2.24. The van der Waals surface area contributed by atoms with Crippen molar-refractivity contribution in [3.63, 3.8) is 0 Å². The number of hydrogen-bond acceptors (Lipinski definition) is 4. The first-order valence-electron chi connectivity index (χ1n) is 8.49. The molecule has 0 radical (unpaired) electrons. The molecule has 6 heteroatoms. The molecule has 3 atom stereocenters. The normalized spacial score (nSPS) is 25.9. The van der Waals surface area contributed by atoms with E-state index in [1.807, 2.05) is 4.90 Å². The zero-order valence-electron chi connectivity index (χ0n) is 13.6. The molecule has 4 rings (SSSR count). The van der Waals surface area contributed by atoms with Gasteiger partial charge in [0.15, 0.2) is 5.82 Å². The highest BCUT2D eigenvalue weighted by atomic mass is 19.1. The summed E-state index contributed by atoms with van der Waals surface area (Å²) in [5.41, 5.74) is 0.926. The van der Waals surface area contributed by atoms with Crippen LogP contribution in [0.25, 0.3) is 0 Å². The molecule has 2 heterocycles. The fourth-order valence-corrected chi connectivity index (χ4v) is 3.43. The van der Waals surface area contributed by atoms with Gasteiger partial charge in [0.25, 0.3) is 0 Å². The van der Waals surface area contributed by atoms with Gasteiger partial charge in [-0.25, -0.2) is 4.39 Å². The van der Waals surface area contributed by atoms with Gasteiger partial charge in [-0.05, 0) is 42.9 Å². The van der Waals surface area contributed by atoms with Gasteiger partial charge in [-0.3, -0.25) is 4.79 Å². The molecule has 1 amide bonds. The molecule has 126 valence electrons. The lowest BCUT2D eigenvalue weighted by Crippen LogP contribution is -2.32. The van der Waals surface area contributed by atoms with Crippen molar-refractivity contribution in [1.82, 2.24) is 15.0 Å². The molecule has 0 bridgehead atoms. The van der Waals surface area contributed by atoms with Crippen LogP contribution < -0.4 is 0 Å². The third-order valence-electron chi connectivity index (χ3n) is 5.01. The molecule has 2 aliphatic rings. The highest BCUT2D eigenvalue weighted by molar-refractivity contribution is 5.82. The molecular weight excluding hydrogens is 309 g/mol. The SMILES string of the molecule is C[C@@H]1C[C@H]1C(=O)N1CCC[C@@H]1c1nc(Cc2ccc(F)cc2)no1. The number of likely N-dealkylation sites (tertiary alicyclic amines) is 1. The summed E-state index contributed by atoms with van der Waals surface area (Å²) in [5, 5.41) is 4.03. The van der Waals surface area contributed by atoms with Gasteiger partial charge in [0.2, 0.25) is 11.8 Å². The minimum atomic E-state index is -0.262. The second-order valence-corrected chi connectivity index (χ2v) is 6.86. The first-order valence-corrected chi connectivity index (χ1v) is 8.49. The number of benzene rings is 1. The van der Waals surface area contributed by atoms with Crippen molar-refractivity contribution in [3.05, 3.63) is 47.4 Å². The highest BCUT2D eigenvalue weighted by Gasteiger charge is 2.45. The Balaban J connectivity index is 1.47. The lowest BCUT2D eigenvalue weighted by molar-refractivity contribution is -0.134. The van der Waals surface area contributed by atoms with E-state index in [1.54, 1.807) is 12.1 Å². The summed E-state index contributed by atoms with van der Waals surface area (Å²) in [4.78, 5) is 18.9. The number of halogens is 1. The third-order valence-corrected chi connectivity index (χ3v) is 5.01. The summed E-state index contributed by atoms with van der Waals surface area (Å²) in [6.45, 7) is 2.88. The van der Waals surface area contributed by atoms with Crippen LogP contribution >= 0.6 is 0 Å². The maximum atomic E-state index is 13.0. The molecule has 0 unspecified atom stereocenters. The number of aromatic nitrogens is 2. The van der Waals surface area contributed by atoms with Crippen molar-refractivity contribution in [2.75, 3.05) is 6.54 Å². The standard InChI is InChI=1S/C18H20FN3O2/c1-11-9-14(11)18(23)22-8-2-3-15(22)17-20-16(21-24-17)10-12-4-6-13(19)7-5-12/h4-7,11,14-15H,2-3,8-10H2,1H3/t11-,14-,15-/m1/s1. The van der Waals surface area contributed by atoms with Crippen LogP contribution in [0.3, 0.4) is 0 Å². The average molecular weight is 329 g/mol. The van der Waals surface area contributed by atoms with Gasteiger partial charge in [-0.1, -0.05) is 24.2 Å². The summed E-state index contributed by atoms with van der Waals surface area (Å²) >= 11 is 0. The first-order chi connectivity index (χ1) is 11.6. The van der Waals surface area contributed by atoms with Gasteiger partial charge in [0.1, 0.15) is 11.9 Å². The second kappa shape index (κ2) is 6.00. The highest BCUT2D eigenvalue weighted by Crippen LogP contribution is 2.42. The summed E-state index contributed by atoms with van der Waals surface area (Å²) in [5.74, 6) is 1.72. The number of rotatable bonds is 4. The number of hydrogen-bond donors (Lipinski definition) is 0. The molecule has 0 N–H and O–H groups in total. The maximum Gasteiger partial charge on any atom is 0.249 e. The Morgan fingerprint density at radius 1 is 1.38 bits per heavy atom. The Morgan fingerprint density at radius 2 is 2.12 bits per heavy atom. The minimum Gasteiger partial charge on any atom is -0.337 e. The second-order valence-electron chi connectivity index (χ2n) is 6.86. The van der Waals surface area contributed by atoms with Crippen molar-refractivity contribution < 1.29 is 13.7 Å². The predicted molar refractivity (Wildman–Crippen MR) is 84.5 cm³/mol. The fourth-order valence-electron chi connectivity index (χ4n) is 3.43. The zero-order chi connectivity index (χ0) is 16.7. The van der Waals surface area contributed by atoms with Crippen LogP contribution in [0.15, 0.2) is 28.8 Å². The van der Waals surface area contributed by atoms with Crippen LogP contribution in [0, 0.1) is 17.7 Å². The van der Waals surface area contributed by atoms with Gasteiger partial charge < -0.3 is 9.42 Å². The van der Waals surface area contributed by atoms with Crippen LogP contribution in [0.1, 0.15) is 49.5 Å². The molecule has 1 aromatic carbocycles. The Bertz CT molecular complexity index is 743. The minimum absolute atomic E-state index is 0.0974. The van der Waals surface area contributed by atoms with Gasteiger partial charge in [0, 0.05) is 18.9 Å². The molecule has 1 saturated heterocycles. The van der Waals surface area contributed by atoms with Crippen LogP contribution in [-0.4, -0.2) is 27.5 Å². The van der Waals surface area contributed by atoms with Crippen LogP contribution in [0.5, 0.6) is 0 Å². The van der Waals surface area contributed by atoms with Gasteiger partial charge >= 0.3 is 0 Å². The predicted octanol–water partition coefficient (Wildman–Crippen LogP) is 3.12. The maximum absolute atomic E-state index is 13.0. The van der Waals surface area contributed by atoms with Crippen molar-refractivity contribution in [2.45, 2.75) is 38.6 Å². The van der Waals surface area contributed by atoms with Crippen molar-refractivity contribution in [1.29, 1.82) is 0 Å². The number of amides is 1. The molecular formula is C18H20FN3O2. The first kappa shape index (κ1) is 15.3. The lowest BCUT2D eigenvalue weighted by Gasteiger charge is -2.21. The molecule has 24 heavy (non-hydrogen) atoms. The van der Waals surface area contributed by atoms with Crippen molar-refractivity contribution >= 4 is 5.91 Å². The monoisotopic (exact) mass is 329 g/mol. The summed E-state index contributed by atoms with van der Waals surface area (Å²) < 4.78 is 18.4. The third kappa shape index (κ3) is 2.92. The molecule has 1 aromatic heterocycles. The summed E-state index contributed by atoms with van der Waals surface area (Å²) in [7, 11) is 0. The topological polar surface area (TPSA) is 59.2 Å². The fraction of sp³-hybridized carbons (Fsp3) is 0.500. The quantitative estimate of drug-likeness (QED) is 0.865. The van der Waals surface area contributed by atoms with Crippen LogP contribution in [0.2, 0.25) is 0 Å². The van der Waals surface area contributed by atoms with Crippen molar-refractivity contribution in [3.8, 4) is 0 Å². The summed E-state index contributed by atoms with van der Waals surface area (Å²) in [6.07, 6.45) is 3.31. The Labute approximate surface area is 139 Å². The van der Waals surface area contributed by atoms with E-state index in [0.717, 1.165) is 31.4 Å². The number of carbonyl (C=O) groups excluding carboxylic acids is 1. The Morgan fingerprint density at radius 3 is 2.83 bits per heavy atom. The molecule has 0 spiro atoms. The molecule has 1 aliphatic carbocycles. The van der Waals surface area contributed by atoms with E-state index in [2.05, 4.69) is 17.1 Å². The van der Waals surface area contributed by atoms with E-state index < -0.39 is 0 Å². The van der Waals surface area contributed by atoms with E-state index in [9.17, 15) is 9.18 Å². The molecule has 1 saturated carbocycles. The largest absolute Gasteiger partial charge is 0.337 e. The van der Waals surface area contributed by atoms with Gasteiger partial charge in [-0.15, -0.1) is 0 Å². The van der Waals surface area contributed by atoms with E-state index in [1.165, 1.54) is 12.1 Å². The van der Waals surface area contributed by atoms with E-state index in [4.69, 9.17) is 4.52 Å². The van der Waals surface area contributed by atoms with Crippen LogP contribution in [-0.2, 0) is 11.2 Å². The van der Waals surface area contributed by atoms with Crippen LogP contribution in [0.4, 0.5) is 4.39 Å². The van der Waals surface area contributed by atoms with E-state index in [0.29, 0.717) is 24.1 Å². The molecule has 2 aromatic rings. The zero-order valence-corrected chi connectivity index (χ0v) is 13.6. The number of carbonyl (C=O) groups is 1. The molecule has 5 nitrogen and oxygen atoms in total. The van der Waals surface area contributed by atoms with Crippen molar-refractivity contribution in [2.24, 2.45) is 11.8 Å². The average Bonchev–Trinajstić information content (AvgIpc) is 2.99. The van der Waals surface area contributed by atoms with Gasteiger partial charge in [-0.2, -0.15) is 4.98 Å². The Kier molecular flexibility index (Phi) is 3.82. The van der Waals surface area contributed by atoms with E-state index in [-0.39, 0.29) is 23.7 Å². The smallest absolute Gasteiger partial charge is 0.249 e. The molecule has 1 aliphatic heterocycles. The lowest BCUT2D eigenvalue weighted by atomic mass is 10.1. The van der Waals surface area contributed by atoms with E-state index >= 15 is 0 Å². The number of nitrogens with zero attached hydrogens (tertiary/aromatic N) is 3. The molecule has 2 fully saturated rings. The van der Waals surface area contributed by atoms with Gasteiger partial charge in [0.05, 0.1) is 0 Å². The summed E-state index contributed by atoms with van der Waals surface area (Å²) in [6, 6.07) is 6.17.